The topological polar surface area (TPSA) is 115 Å². The van der Waals surface area contributed by atoms with Gasteiger partial charge in [0.2, 0.25) is 0 Å². The second-order valence-electron chi connectivity index (χ2n) is 6.75. The number of hydrogen-bond donors (Lipinski definition) is 1. The van der Waals surface area contributed by atoms with Gasteiger partial charge in [-0.25, -0.2) is 4.98 Å². The van der Waals surface area contributed by atoms with E-state index in [-0.39, 0.29) is 12.4 Å². The number of ether oxygens (including phenoxy) is 1. The number of aromatic nitrogens is 6. The highest BCUT2D eigenvalue weighted by Crippen LogP contribution is 2.24. The maximum Gasteiger partial charge on any atom is 0.272 e. The summed E-state index contributed by atoms with van der Waals surface area (Å²) in [5.41, 5.74) is 2.63. The number of pyridine rings is 1. The number of carbonyl (C=O) groups excluding carboxylic acids is 1. The Kier molecular flexibility index (Phi) is 4.77. The molecule has 5 aromatic rings. The molecule has 0 aliphatic rings. The van der Waals surface area contributed by atoms with Gasteiger partial charge >= 0.3 is 0 Å². The van der Waals surface area contributed by atoms with E-state index in [1.165, 1.54) is 4.52 Å². The zero-order chi connectivity index (χ0) is 21.2. The van der Waals surface area contributed by atoms with Gasteiger partial charge in [0.25, 0.3) is 5.78 Å². The smallest absolute Gasteiger partial charge is 0.272 e. The zero-order valence-corrected chi connectivity index (χ0v) is 16.2. The van der Waals surface area contributed by atoms with Crippen LogP contribution in [0.4, 0.5) is 0 Å². The molecule has 0 atom stereocenters. The fraction of sp³-hybridized carbons (Fsp3) is 0.0909. The van der Waals surface area contributed by atoms with E-state index in [0.29, 0.717) is 28.6 Å². The molecule has 152 valence electrons. The number of Topliss-reactive ketones (excluding diaryl/α,β-unsaturated/α-hetero) is 1. The molecule has 0 saturated carbocycles. The van der Waals surface area contributed by atoms with Gasteiger partial charge in [-0.3, -0.25) is 9.78 Å². The van der Waals surface area contributed by atoms with E-state index >= 15 is 0 Å². The highest BCUT2D eigenvalue weighted by atomic mass is 16.5. The predicted octanol–water partition coefficient (Wildman–Crippen LogP) is 2.49. The van der Waals surface area contributed by atoms with Crippen molar-refractivity contribution in [2.45, 2.75) is 6.61 Å². The fourth-order valence-electron chi connectivity index (χ4n) is 3.22. The summed E-state index contributed by atoms with van der Waals surface area (Å²) in [5.74, 6) is 1.21. The Balaban J connectivity index is 1.43. The molecule has 3 aromatic heterocycles. The van der Waals surface area contributed by atoms with Crippen LogP contribution in [0.25, 0.3) is 27.9 Å². The Morgan fingerprint density at radius 1 is 1.00 bits per heavy atom. The minimum Gasteiger partial charge on any atom is -0.485 e. The van der Waals surface area contributed by atoms with E-state index < -0.39 is 6.61 Å². The molecule has 31 heavy (non-hydrogen) atoms. The molecule has 0 spiro atoms. The fourth-order valence-corrected chi connectivity index (χ4v) is 3.22. The lowest BCUT2D eigenvalue weighted by Crippen LogP contribution is -2.06. The first-order chi connectivity index (χ1) is 15.2. The lowest BCUT2D eigenvalue weighted by atomic mass is 10.1. The predicted molar refractivity (Wildman–Crippen MR) is 112 cm³/mol. The molecule has 1 N–H and O–H groups in total. The van der Waals surface area contributed by atoms with Crippen molar-refractivity contribution >= 4 is 22.5 Å². The molecule has 0 unspecified atom stereocenters. The second-order valence-corrected chi connectivity index (χ2v) is 6.75. The summed E-state index contributed by atoms with van der Waals surface area (Å²) in [4.78, 5) is 20.2. The maximum atomic E-state index is 11.6. The van der Waals surface area contributed by atoms with Gasteiger partial charge in [-0.05, 0) is 18.2 Å². The number of aliphatic hydroxyl groups is 1. The van der Waals surface area contributed by atoms with Crippen LogP contribution in [0, 0.1) is 0 Å². The van der Waals surface area contributed by atoms with Crippen molar-refractivity contribution in [1.29, 1.82) is 0 Å². The van der Waals surface area contributed by atoms with Crippen molar-refractivity contribution in [3.8, 4) is 17.0 Å². The highest BCUT2D eigenvalue weighted by molar-refractivity contribution is 5.97. The number of aliphatic hydroxyl groups excluding tert-OH is 1. The van der Waals surface area contributed by atoms with Gasteiger partial charge in [-0.15, -0.1) is 10.2 Å². The van der Waals surface area contributed by atoms with Gasteiger partial charge in [0, 0.05) is 22.7 Å². The van der Waals surface area contributed by atoms with Crippen molar-refractivity contribution in [2.75, 3.05) is 6.61 Å². The zero-order valence-electron chi connectivity index (χ0n) is 16.2. The van der Waals surface area contributed by atoms with Crippen molar-refractivity contribution in [2.24, 2.45) is 0 Å². The Morgan fingerprint density at radius 2 is 1.84 bits per heavy atom. The summed E-state index contributed by atoms with van der Waals surface area (Å²) in [6.07, 6.45) is 3.29. The number of benzene rings is 2. The monoisotopic (exact) mass is 412 g/mol. The van der Waals surface area contributed by atoms with Crippen LogP contribution < -0.4 is 4.74 Å². The number of rotatable bonds is 6. The number of fused-ring (bicyclic) bond motifs is 2. The lowest BCUT2D eigenvalue weighted by molar-refractivity contribution is 0.0904. The third-order valence-electron chi connectivity index (χ3n) is 4.81. The molecule has 0 amide bonds. The van der Waals surface area contributed by atoms with Crippen LogP contribution >= 0.6 is 0 Å². The molecule has 0 saturated heterocycles. The average molecular weight is 412 g/mol. The van der Waals surface area contributed by atoms with Crippen LogP contribution in [0.15, 0.2) is 67.0 Å². The molecule has 9 heteroatoms. The van der Waals surface area contributed by atoms with Crippen LogP contribution in [0.5, 0.6) is 5.75 Å². The molecule has 0 bridgehead atoms. The summed E-state index contributed by atoms with van der Waals surface area (Å²) in [7, 11) is 0. The minimum absolute atomic E-state index is 0.150. The minimum atomic E-state index is -0.526. The molecule has 0 fully saturated rings. The lowest BCUT2D eigenvalue weighted by Gasteiger charge is -2.08. The van der Waals surface area contributed by atoms with Crippen molar-refractivity contribution in [3.05, 3.63) is 78.4 Å². The molecule has 5 rings (SSSR count). The Hall–Kier alpha value is -4.24. The van der Waals surface area contributed by atoms with E-state index in [2.05, 4.69) is 25.3 Å². The second kappa shape index (κ2) is 7.88. The van der Waals surface area contributed by atoms with Crippen LogP contribution in [-0.2, 0) is 6.61 Å². The Bertz CT molecular complexity index is 1390. The average Bonchev–Trinajstić information content (AvgIpc) is 3.24. The molecule has 0 radical (unpaired) electrons. The number of ketones is 1. The first-order valence-electron chi connectivity index (χ1n) is 9.51. The maximum absolute atomic E-state index is 11.6. The van der Waals surface area contributed by atoms with Gasteiger partial charge in [0.05, 0.1) is 11.7 Å². The normalized spacial score (nSPS) is 11.1. The molecular weight excluding hydrogens is 396 g/mol. The summed E-state index contributed by atoms with van der Waals surface area (Å²) in [5, 5.41) is 22.7. The molecule has 3 heterocycles. The van der Waals surface area contributed by atoms with E-state index in [1.807, 2.05) is 24.3 Å². The quantitative estimate of drug-likeness (QED) is 0.423. The summed E-state index contributed by atoms with van der Waals surface area (Å²) < 4.78 is 7.51. The van der Waals surface area contributed by atoms with Crippen molar-refractivity contribution in [3.63, 3.8) is 0 Å². The van der Waals surface area contributed by atoms with Crippen LogP contribution in [0.1, 0.15) is 16.2 Å². The first-order valence-corrected chi connectivity index (χ1v) is 9.51. The number of nitrogens with zero attached hydrogens (tertiary/aromatic N) is 6. The SMILES string of the molecule is O=C(CO)c1ccc(-c2cnc3nnc(COc4ccnc5ccccc45)n3n2)cc1. The van der Waals surface area contributed by atoms with Crippen LogP contribution in [-0.4, -0.2) is 47.3 Å². The van der Waals surface area contributed by atoms with Crippen LogP contribution in [0.3, 0.4) is 0 Å². The number of hydrogen-bond acceptors (Lipinski definition) is 8. The molecule has 0 aliphatic heterocycles. The van der Waals surface area contributed by atoms with Crippen molar-refractivity contribution < 1.29 is 14.6 Å². The number of carbonyl (C=O) groups is 1. The van der Waals surface area contributed by atoms with E-state index in [0.717, 1.165) is 16.5 Å². The Morgan fingerprint density at radius 3 is 2.68 bits per heavy atom. The summed E-state index contributed by atoms with van der Waals surface area (Å²) in [6.45, 7) is -0.376. The molecule has 2 aromatic carbocycles. The van der Waals surface area contributed by atoms with Crippen molar-refractivity contribution in [1.82, 2.24) is 29.8 Å². The molecular formula is C22H16N6O3. The van der Waals surface area contributed by atoms with Gasteiger partial charge < -0.3 is 9.84 Å². The van der Waals surface area contributed by atoms with E-state index in [1.54, 1.807) is 42.7 Å². The first kappa shape index (κ1) is 18.8. The molecule has 9 nitrogen and oxygen atoms in total. The van der Waals surface area contributed by atoms with Gasteiger partial charge in [-0.1, -0.05) is 36.4 Å². The highest BCUT2D eigenvalue weighted by Gasteiger charge is 2.12. The summed E-state index contributed by atoms with van der Waals surface area (Å²) in [6, 6.07) is 16.3. The standard InChI is InChI=1S/C22H16N6O3/c29-12-19(30)15-7-5-14(6-8-15)18-11-24-22-26-25-21(28(22)27-18)13-31-20-9-10-23-17-4-2-1-3-16(17)20/h1-11,29H,12-13H2. The number of para-hydroxylation sites is 1. The molecule has 0 aliphatic carbocycles. The van der Waals surface area contributed by atoms with Gasteiger partial charge in [0.1, 0.15) is 24.7 Å². The van der Waals surface area contributed by atoms with Gasteiger partial charge in [0.15, 0.2) is 11.6 Å². The van der Waals surface area contributed by atoms with E-state index in [9.17, 15) is 4.79 Å². The van der Waals surface area contributed by atoms with Crippen LogP contribution in [0.2, 0.25) is 0 Å². The van der Waals surface area contributed by atoms with Gasteiger partial charge in [-0.2, -0.15) is 9.61 Å². The summed E-state index contributed by atoms with van der Waals surface area (Å²) >= 11 is 0. The third-order valence-corrected chi connectivity index (χ3v) is 4.81. The Labute approximate surface area is 176 Å². The van der Waals surface area contributed by atoms with E-state index in [4.69, 9.17) is 9.84 Å². The largest absolute Gasteiger partial charge is 0.485 e. The third kappa shape index (κ3) is 3.58.